The maximum Gasteiger partial charge on any atom is 0.113 e. The first kappa shape index (κ1) is 16.9. The van der Waals surface area contributed by atoms with E-state index in [1.807, 2.05) is 6.20 Å². The van der Waals surface area contributed by atoms with Crippen LogP contribution in [0.15, 0.2) is 48.7 Å². The van der Waals surface area contributed by atoms with Crippen molar-refractivity contribution in [1.29, 1.82) is 0 Å². The monoisotopic (exact) mass is 347 g/mol. The minimum atomic E-state index is 0.442. The molecule has 2 aromatic carbocycles. The van der Waals surface area contributed by atoms with Gasteiger partial charge < -0.3 is 10.5 Å². The third-order valence-corrected chi connectivity index (χ3v) is 5.25. The van der Waals surface area contributed by atoms with E-state index in [-0.39, 0.29) is 0 Å². The molecule has 0 unspecified atom stereocenters. The quantitative estimate of drug-likeness (QED) is 0.684. The summed E-state index contributed by atoms with van der Waals surface area (Å²) in [5, 5.41) is 17.9. The number of benzene rings is 2. The summed E-state index contributed by atoms with van der Waals surface area (Å²) in [6.07, 6.45) is 3.99. The Morgan fingerprint density at radius 1 is 0.962 bits per heavy atom. The van der Waals surface area contributed by atoms with Crippen LogP contribution < -0.4 is 5.32 Å². The highest BCUT2D eigenvalue weighted by Gasteiger charge is 2.23. The SMILES string of the molecule is Cc1cc(C)cc(-c2cccc(-c3c(C4CCNCC4)cnn3O)c2)c1. The highest BCUT2D eigenvalue weighted by molar-refractivity contribution is 5.73. The van der Waals surface area contributed by atoms with Crippen molar-refractivity contribution in [2.75, 3.05) is 13.1 Å². The summed E-state index contributed by atoms with van der Waals surface area (Å²) in [5.41, 5.74) is 7.86. The molecule has 2 N–H and O–H groups in total. The van der Waals surface area contributed by atoms with Gasteiger partial charge in [-0.25, -0.2) is 0 Å². The van der Waals surface area contributed by atoms with Crippen molar-refractivity contribution < 1.29 is 5.21 Å². The molecular weight excluding hydrogens is 322 g/mol. The lowest BCUT2D eigenvalue weighted by Gasteiger charge is -2.22. The van der Waals surface area contributed by atoms with Gasteiger partial charge in [0.2, 0.25) is 0 Å². The summed E-state index contributed by atoms with van der Waals surface area (Å²) in [6.45, 7) is 6.28. The third-order valence-electron chi connectivity index (χ3n) is 5.25. The second-order valence-electron chi connectivity index (χ2n) is 7.32. The van der Waals surface area contributed by atoms with Gasteiger partial charge in [0.25, 0.3) is 0 Å². The van der Waals surface area contributed by atoms with Gasteiger partial charge >= 0.3 is 0 Å². The number of aromatic nitrogens is 2. The Balaban J connectivity index is 1.76. The minimum absolute atomic E-state index is 0.442. The van der Waals surface area contributed by atoms with Crippen LogP contribution in [-0.2, 0) is 0 Å². The number of nitrogens with zero attached hydrogens (tertiary/aromatic N) is 2. The summed E-state index contributed by atoms with van der Waals surface area (Å²) in [7, 11) is 0. The summed E-state index contributed by atoms with van der Waals surface area (Å²) in [4.78, 5) is 1.04. The molecule has 1 aliphatic heterocycles. The molecule has 0 saturated carbocycles. The molecular formula is C22H25N3O. The zero-order valence-electron chi connectivity index (χ0n) is 15.4. The molecule has 4 heteroatoms. The number of hydrogen-bond donors (Lipinski definition) is 2. The van der Waals surface area contributed by atoms with Crippen LogP contribution in [-0.4, -0.2) is 28.2 Å². The lowest BCUT2D eigenvalue weighted by atomic mass is 9.88. The van der Waals surface area contributed by atoms with E-state index in [2.05, 4.69) is 66.7 Å². The van der Waals surface area contributed by atoms with Crippen LogP contribution in [0.4, 0.5) is 0 Å². The van der Waals surface area contributed by atoms with Crippen molar-refractivity contribution in [2.24, 2.45) is 0 Å². The number of piperidine rings is 1. The van der Waals surface area contributed by atoms with E-state index in [4.69, 9.17) is 0 Å². The van der Waals surface area contributed by atoms with Crippen molar-refractivity contribution in [3.8, 4) is 22.4 Å². The Hall–Kier alpha value is -2.59. The van der Waals surface area contributed by atoms with Gasteiger partial charge in [-0.3, -0.25) is 0 Å². The number of hydrogen-bond acceptors (Lipinski definition) is 3. The first-order valence-corrected chi connectivity index (χ1v) is 9.29. The number of aryl methyl sites for hydroxylation is 2. The third kappa shape index (κ3) is 3.25. The fraction of sp³-hybridized carbons (Fsp3) is 0.318. The van der Waals surface area contributed by atoms with Gasteiger partial charge in [-0.15, -0.1) is 9.94 Å². The molecule has 0 atom stereocenters. The fourth-order valence-corrected chi connectivity index (χ4v) is 4.05. The Labute approximate surface area is 154 Å². The van der Waals surface area contributed by atoms with Gasteiger partial charge in [-0.2, -0.15) is 0 Å². The molecule has 4 nitrogen and oxygen atoms in total. The molecule has 2 heterocycles. The first-order valence-electron chi connectivity index (χ1n) is 9.29. The van der Waals surface area contributed by atoms with E-state index in [9.17, 15) is 5.21 Å². The standard InChI is InChI=1S/C22H25N3O/c1-15-10-16(2)12-20(11-15)18-4-3-5-19(13-18)22-21(14-24-25(22)26)17-6-8-23-9-7-17/h3-5,10-14,17,23,26H,6-9H2,1-2H3. The first-order chi connectivity index (χ1) is 12.6. The van der Waals surface area contributed by atoms with Crippen molar-refractivity contribution in [2.45, 2.75) is 32.6 Å². The highest BCUT2D eigenvalue weighted by atomic mass is 16.5. The van der Waals surface area contributed by atoms with Gasteiger partial charge in [0.05, 0.1) is 6.20 Å². The smallest absolute Gasteiger partial charge is 0.113 e. The summed E-state index contributed by atoms with van der Waals surface area (Å²) in [6, 6.07) is 15.0. The predicted molar refractivity (Wildman–Crippen MR) is 105 cm³/mol. The molecule has 3 aromatic rings. The van der Waals surface area contributed by atoms with Crippen molar-refractivity contribution in [3.63, 3.8) is 0 Å². The average molecular weight is 347 g/mol. The zero-order chi connectivity index (χ0) is 18.1. The van der Waals surface area contributed by atoms with Crippen LogP contribution >= 0.6 is 0 Å². The predicted octanol–water partition coefficient (Wildman–Crippen LogP) is 4.54. The number of nitrogens with one attached hydrogen (secondary N) is 1. The molecule has 4 rings (SSSR count). The van der Waals surface area contributed by atoms with E-state index in [1.165, 1.54) is 16.7 Å². The molecule has 0 spiro atoms. The Morgan fingerprint density at radius 3 is 2.38 bits per heavy atom. The minimum Gasteiger partial charge on any atom is -0.411 e. The van der Waals surface area contributed by atoms with Gasteiger partial charge in [0.15, 0.2) is 0 Å². The Morgan fingerprint density at radius 2 is 1.65 bits per heavy atom. The largest absolute Gasteiger partial charge is 0.411 e. The second kappa shape index (κ2) is 6.96. The normalized spacial score (nSPS) is 15.3. The van der Waals surface area contributed by atoms with Gasteiger partial charge in [-0.05, 0) is 62.9 Å². The molecule has 1 saturated heterocycles. The molecule has 1 aliphatic rings. The maximum atomic E-state index is 10.4. The van der Waals surface area contributed by atoms with Gasteiger partial charge in [0.1, 0.15) is 5.69 Å². The summed E-state index contributed by atoms with van der Waals surface area (Å²) >= 11 is 0. The van der Waals surface area contributed by atoms with Crippen LogP contribution in [0.25, 0.3) is 22.4 Å². The Kier molecular flexibility index (Phi) is 4.51. The molecule has 134 valence electrons. The van der Waals surface area contributed by atoms with E-state index in [0.29, 0.717) is 5.92 Å². The maximum absolute atomic E-state index is 10.4. The lowest BCUT2D eigenvalue weighted by molar-refractivity contribution is 0.153. The van der Waals surface area contributed by atoms with E-state index >= 15 is 0 Å². The van der Waals surface area contributed by atoms with Crippen LogP contribution in [0.3, 0.4) is 0 Å². The summed E-state index contributed by atoms with van der Waals surface area (Å²) in [5.74, 6) is 0.442. The van der Waals surface area contributed by atoms with Crippen molar-refractivity contribution in [1.82, 2.24) is 15.3 Å². The molecule has 1 fully saturated rings. The molecule has 0 amide bonds. The van der Waals surface area contributed by atoms with Crippen LogP contribution in [0, 0.1) is 13.8 Å². The molecule has 0 radical (unpaired) electrons. The topological polar surface area (TPSA) is 50.1 Å². The van der Waals surface area contributed by atoms with Crippen molar-refractivity contribution >= 4 is 0 Å². The molecule has 26 heavy (non-hydrogen) atoms. The molecule has 0 aliphatic carbocycles. The van der Waals surface area contributed by atoms with Gasteiger partial charge in [-0.1, -0.05) is 47.5 Å². The highest BCUT2D eigenvalue weighted by Crippen LogP contribution is 2.35. The van der Waals surface area contributed by atoms with Gasteiger partial charge in [0, 0.05) is 11.1 Å². The van der Waals surface area contributed by atoms with Crippen LogP contribution in [0.5, 0.6) is 0 Å². The van der Waals surface area contributed by atoms with Crippen LogP contribution in [0.2, 0.25) is 0 Å². The Bertz CT molecular complexity index is 903. The van der Waals surface area contributed by atoms with Crippen molar-refractivity contribution in [3.05, 3.63) is 65.4 Å². The van der Waals surface area contributed by atoms with E-state index < -0.39 is 0 Å². The average Bonchev–Trinajstić information content (AvgIpc) is 3.03. The zero-order valence-corrected chi connectivity index (χ0v) is 15.4. The number of rotatable bonds is 3. The van der Waals surface area contributed by atoms with E-state index in [0.717, 1.165) is 53.2 Å². The molecule has 0 bridgehead atoms. The fourth-order valence-electron chi connectivity index (χ4n) is 4.05. The van der Waals surface area contributed by atoms with E-state index in [1.54, 1.807) is 0 Å². The second-order valence-corrected chi connectivity index (χ2v) is 7.32. The lowest BCUT2D eigenvalue weighted by Crippen LogP contribution is -2.26. The molecule has 1 aromatic heterocycles. The summed E-state index contributed by atoms with van der Waals surface area (Å²) < 4.78 is 0. The van der Waals surface area contributed by atoms with Crippen LogP contribution in [0.1, 0.15) is 35.4 Å².